The van der Waals surface area contributed by atoms with Crippen molar-refractivity contribution in [1.29, 1.82) is 0 Å². The van der Waals surface area contributed by atoms with Crippen LogP contribution in [0.15, 0.2) is 0 Å². The number of thiol groups is 1. The van der Waals surface area contributed by atoms with Crippen LogP contribution >= 0.6 is 12.6 Å². The van der Waals surface area contributed by atoms with E-state index in [1.54, 1.807) is 0 Å². The number of amides is 1. The Labute approximate surface area is 72.3 Å². The highest BCUT2D eigenvalue weighted by Gasteiger charge is 2.30. The highest BCUT2D eigenvalue weighted by molar-refractivity contribution is 7.80. The third-order valence-electron chi connectivity index (χ3n) is 2.10. The van der Waals surface area contributed by atoms with Gasteiger partial charge in [-0.05, 0) is 19.8 Å². The molecule has 0 aromatic carbocycles. The summed E-state index contributed by atoms with van der Waals surface area (Å²) in [5.74, 6) is -0.219. The first-order valence-corrected chi connectivity index (χ1v) is 4.37. The van der Waals surface area contributed by atoms with Gasteiger partial charge in [-0.2, -0.15) is 12.6 Å². The highest BCUT2D eigenvalue weighted by Crippen LogP contribution is 2.20. The van der Waals surface area contributed by atoms with Crippen LogP contribution in [0.2, 0.25) is 0 Å². The molecule has 1 fully saturated rings. The summed E-state index contributed by atoms with van der Waals surface area (Å²) in [6.07, 6.45) is 1.94. The number of nitrogens with two attached hydrogens (primary N) is 1. The normalized spacial score (nSPS) is 28.7. The van der Waals surface area contributed by atoms with Gasteiger partial charge in [0.2, 0.25) is 5.91 Å². The van der Waals surface area contributed by atoms with Gasteiger partial charge < -0.3 is 5.73 Å². The molecule has 64 valence electrons. The Hall–Kier alpha value is -0.220. The molecule has 1 heterocycles. The van der Waals surface area contributed by atoms with Gasteiger partial charge in [0.1, 0.15) is 0 Å². The summed E-state index contributed by atoms with van der Waals surface area (Å²) in [5.41, 5.74) is 5.21. The second-order valence-electron chi connectivity index (χ2n) is 2.93. The van der Waals surface area contributed by atoms with E-state index in [0.717, 1.165) is 19.4 Å². The van der Waals surface area contributed by atoms with Crippen LogP contribution in [0.4, 0.5) is 0 Å². The molecular weight excluding hydrogens is 160 g/mol. The number of rotatable bonds is 2. The van der Waals surface area contributed by atoms with Gasteiger partial charge in [-0.3, -0.25) is 9.69 Å². The van der Waals surface area contributed by atoms with Gasteiger partial charge in [0.05, 0.1) is 11.4 Å². The van der Waals surface area contributed by atoms with E-state index in [1.165, 1.54) is 0 Å². The minimum atomic E-state index is -0.219. The molecule has 0 spiro atoms. The summed E-state index contributed by atoms with van der Waals surface area (Å²) >= 11 is 4.27. The van der Waals surface area contributed by atoms with E-state index in [0.29, 0.717) is 0 Å². The smallest absolute Gasteiger partial charge is 0.234 e. The van der Waals surface area contributed by atoms with Crippen LogP contribution < -0.4 is 5.73 Å². The van der Waals surface area contributed by atoms with Crippen LogP contribution in [-0.4, -0.2) is 28.8 Å². The van der Waals surface area contributed by atoms with E-state index >= 15 is 0 Å². The van der Waals surface area contributed by atoms with Crippen LogP contribution in [0, 0.1) is 0 Å². The van der Waals surface area contributed by atoms with Crippen molar-refractivity contribution in [2.45, 2.75) is 31.2 Å². The molecule has 1 aliphatic rings. The van der Waals surface area contributed by atoms with Crippen molar-refractivity contribution in [3.05, 3.63) is 0 Å². The molecule has 0 aromatic rings. The molecule has 1 unspecified atom stereocenters. The van der Waals surface area contributed by atoms with Crippen molar-refractivity contribution in [1.82, 2.24) is 4.90 Å². The van der Waals surface area contributed by atoms with Crippen molar-refractivity contribution >= 4 is 18.5 Å². The number of carbonyl (C=O) groups excluding carboxylic acids is 1. The molecule has 2 atom stereocenters. The summed E-state index contributed by atoms with van der Waals surface area (Å²) in [4.78, 5) is 12.9. The van der Waals surface area contributed by atoms with E-state index in [2.05, 4.69) is 12.6 Å². The van der Waals surface area contributed by atoms with Crippen molar-refractivity contribution in [2.75, 3.05) is 6.54 Å². The van der Waals surface area contributed by atoms with Crippen molar-refractivity contribution in [3.8, 4) is 0 Å². The van der Waals surface area contributed by atoms with E-state index in [9.17, 15) is 4.79 Å². The fourth-order valence-corrected chi connectivity index (χ4v) is 1.82. The third-order valence-corrected chi connectivity index (χ3v) is 2.40. The summed E-state index contributed by atoms with van der Waals surface area (Å²) in [5, 5.41) is 0.134. The molecule has 1 rings (SSSR count). The number of hydrogen-bond acceptors (Lipinski definition) is 3. The maximum atomic E-state index is 10.9. The maximum Gasteiger partial charge on any atom is 0.234 e. The van der Waals surface area contributed by atoms with Crippen LogP contribution in [0.5, 0.6) is 0 Å². The maximum absolute atomic E-state index is 10.9. The number of nitrogens with zero attached hydrogens (tertiary/aromatic N) is 1. The molecule has 3 nitrogen and oxygen atoms in total. The summed E-state index contributed by atoms with van der Waals surface area (Å²) in [7, 11) is 0. The average molecular weight is 174 g/mol. The largest absolute Gasteiger partial charge is 0.368 e. The second-order valence-corrected chi connectivity index (χ2v) is 3.68. The fraction of sp³-hybridized carbons (Fsp3) is 0.857. The number of likely N-dealkylation sites (tertiary alicyclic amines) is 1. The monoisotopic (exact) mass is 174 g/mol. The summed E-state index contributed by atoms with van der Waals surface area (Å²) in [6, 6.07) is -0.0810. The van der Waals surface area contributed by atoms with E-state index in [-0.39, 0.29) is 17.3 Å². The zero-order valence-corrected chi connectivity index (χ0v) is 7.55. The fourth-order valence-electron chi connectivity index (χ4n) is 1.54. The average Bonchev–Trinajstić information content (AvgIpc) is 2.32. The molecule has 1 saturated heterocycles. The molecule has 0 radical (unpaired) electrons. The molecule has 1 amide bonds. The Balaban J connectivity index is 2.58. The SMILES string of the molecule is CC(S)N1CCC[C@@H]1C(N)=O. The molecule has 0 aromatic heterocycles. The van der Waals surface area contributed by atoms with Crippen LogP contribution in [0.1, 0.15) is 19.8 Å². The topological polar surface area (TPSA) is 46.3 Å². The molecule has 0 bridgehead atoms. The van der Waals surface area contributed by atoms with Gasteiger partial charge in [-0.15, -0.1) is 0 Å². The van der Waals surface area contributed by atoms with Gasteiger partial charge in [0.15, 0.2) is 0 Å². The van der Waals surface area contributed by atoms with E-state index in [4.69, 9.17) is 5.73 Å². The highest BCUT2D eigenvalue weighted by atomic mass is 32.1. The number of carbonyl (C=O) groups is 1. The molecule has 11 heavy (non-hydrogen) atoms. The summed E-state index contributed by atoms with van der Waals surface area (Å²) in [6.45, 7) is 2.91. The van der Waals surface area contributed by atoms with Gasteiger partial charge in [0.25, 0.3) is 0 Å². The predicted molar refractivity (Wildman–Crippen MR) is 47.4 cm³/mol. The van der Waals surface area contributed by atoms with Gasteiger partial charge in [0, 0.05) is 6.54 Å². The Morgan fingerprint density at radius 2 is 2.45 bits per heavy atom. The zero-order valence-electron chi connectivity index (χ0n) is 6.66. The first-order valence-electron chi connectivity index (χ1n) is 3.86. The van der Waals surface area contributed by atoms with Crippen molar-refractivity contribution < 1.29 is 4.79 Å². The van der Waals surface area contributed by atoms with Crippen molar-refractivity contribution in [3.63, 3.8) is 0 Å². The van der Waals surface area contributed by atoms with Gasteiger partial charge >= 0.3 is 0 Å². The molecule has 1 aliphatic heterocycles. The number of primary amides is 1. The first-order chi connectivity index (χ1) is 5.13. The van der Waals surface area contributed by atoms with Crippen molar-refractivity contribution in [2.24, 2.45) is 5.73 Å². The third kappa shape index (κ3) is 1.87. The minimum absolute atomic E-state index is 0.0810. The number of hydrogen-bond donors (Lipinski definition) is 2. The Bertz CT molecular complexity index is 161. The Morgan fingerprint density at radius 3 is 2.82 bits per heavy atom. The van der Waals surface area contributed by atoms with Crippen LogP contribution in [-0.2, 0) is 4.79 Å². The van der Waals surface area contributed by atoms with Gasteiger partial charge in [-0.25, -0.2) is 0 Å². The van der Waals surface area contributed by atoms with E-state index in [1.807, 2.05) is 11.8 Å². The Morgan fingerprint density at radius 1 is 1.82 bits per heavy atom. The predicted octanol–water partition coefficient (Wildman–Crippen LogP) is 0.212. The first kappa shape index (κ1) is 8.87. The quantitative estimate of drug-likeness (QED) is 0.588. The molecule has 0 saturated carbocycles. The molecular formula is C7H14N2OS. The van der Waals surface area contributed by atoms with E-state index < -0.39 is 0 Å². The van der Waals surface area contributed by atoms with Crippen LogP contribution in [0.3, 0.4) is 0 Å². The minimum Gasteiger partial charge on any atom is -0.368 e. The molecule has 2 N–H and O–H groups in total. The van der Waals surface area contributed by atoms with Crippen LogP contribution in [0.25, 0.3) is 0 Å². The van der Waals surface area contributed by atoms with Gasteiger partial charge in [-0.1, -0.05) is 0 Å². The second kappa shape index (κ2) is 3.45. The Kier molecular flexibility index (Phi) is 2.78. The zero-order chi connectivity index (χ0) is 8.43. The molecule has 4 heteroatoms. The molecule has 0 aliphatic carbocycles. The lowest BCUT2D eigenvalue weighted by atomic mass is 10.2. The lowest BCUT2D eigenvalue weighted by molar-refractivity contribution is -0.122. The standard InChI is InChI=1S/C7H14N2OS/c1-5(11)9-4-2-3-6(9)7(8)10/h5-6,11H,2-4H2,1H3,(H2,8,10)/t5?,6-/m1/s1. The lowest BCUT2D eigenvalue weighted by Crippen LogP contribution is -2.42. The lowest BCUT2D eigenvalue weighted by Gasteiger charge is -2.24. The summed E-state index contributed by atoms with van der Waals surface area (Å²) < 4.78 is 0.